The molecule has 2 heterocycles. The largest absolute Gasteiger partial charge is 0.371 e. The maximum Gasteiger partial charge on any atom is 0.299 e. The third-order valence-corrected chi connectivity index (χ3v) is 3.22. The summed E-state index contributed by atoms with van der Waals surface area (Å²) in [4.78, 5) is 24.9. The maximum atomic E-state index is 11.7. The van der Waals surface area contributed by atoms with Gasteiger partial charge in [-0.15, -0.1) is 0 Å². The van der Waals surface area contributed by atoms with E-state index in [0.29, 0.717) is 24.4 Å². The second kappa shape index (κ2) is 3.40. The molecular weight excluding hydrogens is 274 g/mol. The number of Topliss-reactive ketones (excluding diaryl/α,β-unsaturated/α-hetero) is 1. The van der Waals surface area contributed by atoms with Gasteiger partial charge in [0.2, 0.25) is 0 Å². The zero-order valence-corrected chi connectivity index (χ0v) is 9.86. The first-order chi connectivity index (χ1) is 7.66. The number of nitrogens with zero attached hydrogens (tertiary/aromatic N) is 1. The first-order valence-electron chi connectivity index (χ1n) is 4.94. The Morgan fingerprint density at radius 3 is 2.88 bits per heavy atom. The summed E-state index contributed by atoms with van der Waals surface area (Å²) in [6, 6.07) is 5.23. The zero-order chi connectivity index (χ0) is 11.3. The maximum absolute atomic E-state index is 11.7. The molecule has 0 radical (unpaired) electrons. The van der Waals surface area contributed by atoms with E-state index < -0.39 is 11.7 Å². The van der Waals surface area contributed by atoms with E-state index in [1.54, 1.807) is 18.2 Å². The Labute approximate surface area is 100 Å². The smallest absolute Gasteiger partial charge is 0.299 e. The highest BCUT2D eigenvalue weighted by molar-refractivity contribution is 9.10. The lowest BCUT2D eigenvalue weighted by molar-refractivity contribution is -0.114. The number of fused-ring (bicyclic) bond motifs is 1. The van der Waals surface area contributed by atoms with Crippen molar-refractivity contribution < 1.29 is 14.3 Å². The first kappa shape index (κ1) is 9.99. The number of carbonyl (C=O) groups is 2. The Hall–Kier alpha value is -1.20. The van der Waals surface area contributed by atoms with Gasteiger partial charge in [-0.3, -0.25) is 9.59 Å². The summed E-state index contributed by atoms with van der Waals surface area (Å²) < 4.78 is 5.94. The van der Waals surface area contributed by atoms with Crippen LogP contribution in [0.4, 0.5) is 5.69 Å². The van der Waals surface area contributed by atoms with E-state index >= 15 is 0 Å². The molecule has 16 heavy (non-hydrogen) atoms. The van der Waals surface area contributed by atoms with Gasteiger partial charge >= 0.3 is 0 Å². The monoisotopic (exact) mass is 281 g/mol. The Morgan fingerprint density at radius 2 is 2.19 bits per heavy atom. The fraction of sp³-hybridized carbons (Fsp3) is 0.273. The Bertz CT molecular complexity index is 496. The average Bonchev–Trinajstić information content (AvgIpc) is 3.04. The number of benzene rings is 1. The number of hydrogen-bond donors (Lipinski definition) is 0. The van der Waals surface area contributed by atoms with Crippen molar-refractivity contribution in [3.63, 3.8) is 0 Å². The van der Waals surface area contributed by atoms with Crippen molar-refractivity contribution in [2.24, 2.45) is 0 Å². The molecule has 1 amide bonds. The first-order valence-corrected chi connectivity index (χ1v) is 5.73. The molecule has 1 aromatic carbocycles. The lowest BCUT2D eigenvalue weighted by atomic mass is 10.1. The number of amides is 1. The summed E-state index contributed by atoms with van der Waals surface area (Å²) in [6.45, 7) is 1.13. The van der Waals surface area contributed by atoms with Crippen LogP contribution < -0.4 is 4.90 Å². The molecule has 0 bridgehead atoms. The molecule has 1 saturated heterocycles. The van der Waals surface area contributed by atoms with Gasteiger partial charge in [0.05, 0.1) is 30.5 Å². The molecule has 82 valence electrons. The highest BCUT2D eigenvalue weighted by Gasteiger charge is 2.39. The molecule has 1 unspecified atom stereocenters. The molecule has 1 atom stereocenters. The van der Waals surface area contributed by atoms with Crippen LogP contribution >= 0.6 is 15.9 Å². The second-order valence-electron chi connectivity index (χ2n) is 3.86. The molecule has 0 aliphatic carbocycles. The van der Waals surface area contributed by atoms with Crippen molar-refractivity contribution >= 4 is 33.3 Å². The molecule has 1 fully saturated rings. The van der Waals surface area contributed by atoms with Crippen LogP contribution in [0.3, 0.4) is 0 Å². The minimum Gasteiger partial charge on any atom is -0.371 e. The van der Waals surface area contributed by atoms with E-state index in [0.717, 1.165) is 4.47 Å². The van der Waals surface area contributed by atoms with Crippen molar-refractivity contribution in [3.05, 3.63) is 28.2 Å². The minimum atomic E-state index is -0.455. The Kier molecular flexibility index (Phi) is 2.12. The van der Waals surface area contributed by atoms with E-state index in [4.69, 9.17) is 4.74 Å². The number of ketones is 1. The SMILES string of the molecule is O=C1C(=O)N(CC2CO2)c2cc(Br)ccc21. The summed E-state index contributed by atoms with van der Waals surface area (Å²) in [5, 5.41) is 0. The van der Waals surface area contributed by atoms with Crippen LogP contribution in [-0.2, 0) is 9.53 Å². The number of rotatable bonds is 2. The number of ether oxygens (including phenoxy) is 1. The fourth-order valence-corrected chi connectivity index (χ4v) is 2.17. The molecule has 0 N–H and O–H groups in total. The third kappa shape index (κ3) is 1.47. The summed E-state index contributed by atoms with van der Waals surface area (Å²) in [6.07, 6.45) is 0.0849. The lowest BCUT2D eigenvalue weighted by Gasteiger charge is -2.14. The summed E-state index contributed by atoms with van der Waals surface area (Å²) in [5.41, 5.74) is 1.16. The molecule has 1 aromatic rings. The second-order valence-corrected chi connectivity index (χ2v) is 4.78. The van der Waals surface area contributed by atoms with Crippen molar-refractivity contribution in [2.45, 2.75) is 6.10 Å². The highest BCUT2D eigenvalue weighted by Crippen LogP contribution is 2.32. The summed E-state index contributed by atoms with van der Waals surface area (Å²) in [5.74, 6) is -0.883. The summed E-state index contributed by atoms with van der Waals surface area (Å²) >= 11 is 3.33. The zero-order valence-electron chi connectivity index (χ0n) is 8.27. The standard InChI is InChI=1S/C11H8BrNO3/c12-6-1-2-8-9(3-6)13(4-7-5-16-7)11(15)10(8)14/h1-3,7H,4-5H2. The van der Waals surface area contributed by atoms with Gasteiger partial charge in [-0.25, -0.2) is 0 Å². The predicted molar refractivity (Wildman–Crippen MR) is 60.6 cm³/mol. The molecule has 3 rings (SSSR count). The average molecular weight is 282 g/mol. The van der Waals surface area contributed by atoms with E-state index in [1.807, 2.05) is 0 Å². The van der Waals surface area contributed by atoms with Gasteiger partial charge in [0.25, 0.3) is 11.7 Å². The van der Waals surface area contributed by atoms with E-state index in [9.17, 15) is 9.59 Å². The van der Waals surface area contributed by atoms with Gasteiger partial charge in [0.1, 0.15) is 0 Å². The van der Waals surface area contributed by atoms with Crippen LogP contribution in [0.1, 0.15) is 10.4 Å². The Balaban J connectivity index is 2.03. The lowest BCUT2D eigenvalue weighted by Crippen LogP contribution is -2.33. The number of hydrogen-bond acceptors (Lipinski definition) is 3. The molecule has 5 heteroatoms. The van der Waals surface area contributed by atoms with Crippen molar-refractivity contribution in [1.29, 1.82) is 0 Å². The Morgan fingerprint density at radius 1 is 1.44 bits per heavy atom. The van der Waals surface area contributed by atoms with Gasteiger partial charge in [0, 0.05) is 4.47 Å². The van der Waals surface area contributed by atoms with Crippen LogP contribution in [0, 0.1) is 0 Å². The number of epoxide rings is 1. The molecule has 2 aliphatic heterocycles. The van der Waals surface area contributed by atoms with Gasteiger partial charge < -0.3 is 9.64 Å². The topological polar surface area (TPSA) is 49.9 Å². The van der Waals surface area contributed by atoms with Gasteiger partial charge in [-0.1, -0.05) is 15.9 Å². The molecule has 2 aliphatic rings. The van der Waals surface area contributed by atoms with Crippen LogP contribution in [0.25, 0.3) is 0 Å². The van der Waals surface area contributed by atoms with Crippen LogP contribution in [-0.4, -0.2) is 30.9 Å². The van der Waals surface area contributed by atoms with Crippen LogP contribution in [0.5, 0.6) is 0 Å². The molecular formula is C11H8BrNO3. The van der Waals surface area contributed by atoms with Gasteiger partial charge in [-0.2, -0.15) is 0 Å². The quantitative estimate of drug-likeness (QED) is 0.608. The normalized spacial score (nSPS) is 22.6. The van der Waals surface area contributed by atoms with Crippen molar-refractivity contribution in [3.8, 4) is 0 Å². The number of halogens is 1. The van der Waals surface area contributed by atoms with E-state index in [1.165, 1.54) is 4.90 Å². The summed E-state index contributed by atoms with van der Waals surface area (Å²) in [7, 11) is 0. The number of anilines is 1. The molecule has 0 spiro atoms. The molecule has 0 aromatic heterocycles. The van der Waals surface area contributed by atoms with Gasteiger partial charge in [0.15, 0.2) is 0 Å². The van der Waals surface area contributed by atoms with Gasteiger partial charge in [-0.05, 0) is 18.2 Å². The molecule has 4 nitrogen and oxygen atoms in total. The van der Waals surface area contributed by atoms with E-state index in [2.05, 4.69) is 15.9 Å². The highest BCUT2D eigenvalue weighted by atomic mass is 79.9. The predicted octanol–water partition coefficient (Wildman–Crippen LogP) is 1.38. The molecule has 0 saturated carbocycles. The van der Waals surface area contributed by atoms with Crippen LogP contribution in [0.2, 0.25) is 0 Å². The van der Waals surface area contributed by atoms with Crippen molar-refractivity contribution in [1.82, 2.24) is 0 Å². The minimum absolute atomic E-state index is 0.0849. The van der Waals surface area contributed by atoms with Crippen molar-refractivity contribution in [2.75, 3.05) is 18.1 Å². The van der Waals surface area contributed by atoms with E-state index in [-0.39, 0.29) is 6.10 Å². The number of carbonyl (C=O) groups excluding carboxylic acids is 2. The van der Waals surface area contributed by atoms with Crippen LogP contribution in [0.15, 0.2) is 22.7 Å². The fourth-order valence-electron chi connectivity index (χ4n) is 1.83. The third-order valence-electron chi connectivity index (χ3n) is 2.72.